The highest BCUT2D eigenvalue weighted by Gasteiger charge is 2.65. The van der Waals surface area contributed by atoms with Crippen LogP contribution < -0.4 is 10.0 Å². The zero-order chi connectivity index (χ0) is 88.6. The van der Waals surface area contributed by atoms with E-state index in [-0.39, 0.29) is 0 Å². The molecule has 6 rings (SSSR count). The zero-order valence-corrected chi connectivity index (χ0v) is 65.1. The molecule has 1 amide bonds. The molecule has 0 spiro atoms. The highest BCUT2D eigenvalue weighted by atomic mass is 32.3. The van der Waals surface area contributed by atoms with Crippen molar-refractivity contribution >= 4 is 128 Å². The van der Waals surface area contributed by atoms with E-state index in [0.717, 1.165) is 0 Å². The van der Waals surface area contributed by atoms with Crippen molar-refractivity contribution in [1.29, 1.82) is 0 Å². The Kier molecular flexibility index (Phi) is 33.8. The SMILES string of the molecule is CC(=O)NC1C(OC2C(C(=O)O)OC(OC3C(COS(=O)(=O)O)OC(OC4C(C(=O)O)OC(OC5C(COS(=O)(=O)O)OC(CO)C5OC(C)=O)C(OS(=O)(=O)O)C4OC(C)=O)C(NS(=O)(=O)O)C3OS(=O)(=O)O)C(OC(C)=O)C2OC(C)=O)OC(COS(=O)(=O)O)C(OC2OC(C(=O)O)C(O)C(OC(C)=O)C2OC(C)=O)C1OC(C)=O. The number of ether oxygens (including phenoxy) is 18. The Morgan fingerprint density at radius 3 is 0.974 bits per heavy atom. The average molecular weight is 1830 g/mol. The Labute approximate surface area is 657 Å². The van der Waals surface area contributed by atoms with Gasteiger partial charge < -0.3 is 116 Å². The maximum atomic E-state index is 13.8. The summed E-state index contributed by atoms with van der Waals surface area (Å²) >= 11 is 0. The number of aliphatic carboxylic acids is 3. The summed E-state index contributed by atoms with van der Waals surface area (Å²) in [7, 11) is -36.3. The van der Waals surface area contributed by atoms with Crippen molar-refractivity contribution in [2.75, 3.05) is 26.4 Å². The molecule has 0 aromatic rings. The normalized spacial score (nSPS) is 35.1. The molecule has 6 fully saturated rings. The minimum Gasteiger partial charge on any atom is -0.479 e. The predicted octanol–water partition coefficient (Wildman–Crippen LogP) is -10.5. The van der Waals surface area contributed by atoms with Crippen LogP contribution in [0.3, 0.4) is 0 Å². The van der Waals surface area contributed by atoms with Crippen molar-refractivity contribution < 1.29 is 262 Å². The summed E-state index contributed by atoms with van der Waals surface area (Å²) in [5, 5.41) is 55.4. The average Bonchev–Trinajstić information content (AvgIpc) is 1.70. The molecule has 0 radical (unpaired) electrons. The molecule has 0 aromatic carbocycles. The van der Waals surface area contributed by atoms with E-state index in [1.54, 1.807) is 0 Å². The predicted molar refractivity (Wildman–Crippen MR) is 343 cm³/mol. The van der Waals surface area contributed by atoms with Crippen molar-refractivity contribution in [2.24, 2.45) is 0 Å². The smallest absolute Gasteiger partial charge is 0.397 e. The molecule has 29 atom stereocenters. The van der Waals surface area contributed by atoms with Gasteiger partial charge in [-0.1, -0.05) is 0 Å². The first-order chi connectivity index (χ1) is 53.6. The fourth-order valence-corrected chi connectivity index (χ4v) is 14.8. The quantitative estimate of drug-likeness (QED) is 0.0156. The Morgan fingerprint density at radius 2 is 0.615 bits per heavy atom. The topological polar surface area (TPSA) is 851 Å². The Bertz CT molecular complexity index is 4360. The Balaban J connectivity index is 1.55. The minimum atomic E-state index is -6.51. The first kappa shape index (κ1) is 98.7. The molecule has 59 nitrogen and oxygen atoms in total. The summed E-state index contributed by atoms with van der Waals surface area (Å²) in [5.74, 6) is -18.8. The van der Waals surface area contributed by atoms with Crippen LogP contribution in [0.4, 0.5) is 0 Å². The summed E-state index contributed by atoms with van der Waals surface area (Å²) in [4.78, 5) is 144. The van der Waals surface area contributed by atoms with Gasteiger partial charge in [-0.25, -0.2) is 35.3 Å². The molecule has 29 unspecified atom stereocenters. The van der Waals surface area contributed by atoms with Gasteiger partial charge in [0.2, 0.25) is 5.91 Å². The molecule has 13 N–H and O–H groups in total. The van der Waals surface area contributed by atoms with E-state index in [9.17, 15) is 156 Å². The molecule has 117 heavy (non-hydrogen) atoms. The Morgan fingerprint density at radius 1 is 0.316 bits per heavy atom. The molecule has 0 bridgehead atoms. The number of hydrogen-bond donors (Lipinski definition) is 13. The summed E-state index contributed by atoms with van der Waals surface area (Å²) in [6.45, 7) is -1.57. The highest BCUT2D eigenvalue weighted by Crippen LogP contribution is 2.42. The van der Waals surface area contributed by atoms with Crippen LogP contribution in [-0.4, -0.2) is 373 Å². The summed E-state index contributed by atoms with van der Waals surface area (Å²) < 4.78 is 335. The fourth-order valence-electron chi connectivity index (χ4n) is 12.3. The maximum Gasteiger partial charge on any atom is 0.397 e. The molecule has 0 aromatic heterocycles. The van der Waals surface area contributed by atoms with Crippen molar-refractivity contribution in [3.63, 3.8) is 0 Å². The maximum absolute atomic E-state index is 13.8. The molecule has 0 aliphatic carbocycles. The number of amides is 1. The second kappa shape index (κ2) is 40.0. The number of carboxylic acid groups (broad SMARTS) is 3. The van der Waals surface area contributed by atoms with Gasteiger partial charge in [-0.3, -0.25) is 65.7 Å². The van der Waals surface area contributed by atoms with Crippen molar-refractivity contribution in [3.8, 4) is 0 Å². The summed E-state index contributed by atoms with van der Waals surface area (Å²) in [6, 6.07) is -5.78. The van der Waals surface area contributed by atoms with Crippen LogP contribution >= 0.6 is 0 Å². The van der Waals surface area contributed by atoms with Gasteiger partial charge in [-0.15, -0.1) is 0 Å². The number of aliphatic hydroxyl groups is 2. The van der Waals surface area contributed by atoms with Gasteiger partial charge in [-0.05, 0) is 0 Å². The summed E-state index contributed by atoms with van der Waals surface area (Å²) in [6.07, 6.45) is -74.7. The van der Waals surface area contributed by atoms with E-state index in [1.807, 2.05) is 0 Å². The first-order valence-electron chi connectivity index (χ1n) is 32.2. The number of rotatable bonds is 37. The van der Waals surface area contributed by atoms with Crippen LogP contribution in [0.5, 0.6) is 0 Å². The van der Waals surface area contributed by atoms with E-state index in [1.165, 1.54) is 4.72 Å². The lowest BCUT2D eigenvalue weighted by Crippen LogP contribution is -2.72. The standard InChI is InChI=1S/C52H74N2O57S6/c1-13(56)53-25-32(93-15(3)58)30(103-50-42(97-19(7)62)34(94-16(4)59)27(64)35(105-50)45(65)66)23(11-90-114(77,78)79)100-48(25)106-36-38(95-17(5)60)43(98-20(8)63)51(108-40(36)46(67)68)104-31-24(12-91-115(80,81)82)101-49(26(54-112(71,72)73)33(31)110-116(83,84)85)107-37-39(96-18(6)61)44(111-117(86,87)88)52(109-41(37)47(69)70)102-29-22(10-89-113(74,75)76)99-21(9-55)28(29)92-14(2)57/h21-44,48-52,54-55,64H,9-12H2,1-8H3,(H,53,56)(H,65,66)(H,67,68)(H,69,70)(H,71,72,73)(H,74,75,76)(H,77,78,79)(H,80,81,82)(H,83,84,85)(H,86,87,88). The van der Waals surface area contributed by atoms with Gasteiger partial charge in [0.25, 0.3) is 0 Å². The van der Waals surface area contributed by atoms with Crippen molar-refractivity contribution in [3.05, 3.63) is 0 Å². The molecule has 670 valence electrons. The molecule has 6 aliphatic heterocycles. The van der Waals surface area contributed by atoms with E-state index >= 15 is 0 Å². The van der Waals surface area contributed by atoms with Crippen LogP contribution in [0.1, 0.15) is 55.4 Å². The second-order valence-electron chi connectivity index (χ2n) is 24.7. The molecular formula is C52H74N2O57S6. The number of esters is 7. The van der Waals surface area contributed by atoms with E-state index < -0.39 is 332 Å². The molecule has 65 heteroatoms. The molecular weight excluding hydrogens is 1760 g/mol. The number of hydrogen-bond acceptors (Lipinski definition) is 48. The third-order valence-corrected chi connectivity index (χ3v) is 18.8. The van der Waals surface area contributed by atoms with Gasteiger partial charge >= 0.3 is 122 Å². The first-order valence-corrected chi connectivity index (χ1v) is 40.5. The molecule has 6 saturated heterocycles. The lowest BCUT2D eigenvalue weighted by atomic mass is 9.93. The van der Waals surface area contributed by atoms with Gasteiger partial charge in [0.1, 0.15) is 79.2 Å². The van der Waals surface area contributed by atoms with E-state index in [0.29, 0.717) is 55.4 Å². The zero-order valence-electron chi connectivity index (χ0n) is 60.2. The van der Waals surface area contributed by atoms with Crippen LogP contribution in [0, 0.1) is 0 Å². The fraction of sp³-hybridized carbons (Fsp3) is 0.788. The lowest BCUT2D eigenvalue weighted by molar-refractivity contribution is -0.375. The lowest BCUT2D eigenvalue weighted by Gasteiger charge is -2.51. The third-order valence-electron chi connectivity index (χ3n) is 16.0. The number of carbonyl (C=O) groups excluding carboxylic acids is 8. The van der Waals surface area contributed by atoms with Gasteiger partial charge in [0, 0.05) is 55.4 Å². The van der Waals surface area contributed by atoms with Gasteiger partial charge in [0.05, 0.1) is 26.4 Å². The van der Waals surface area contributed by atoms with E-state index in [4.69, 9.17) is 89.4 Å². The Hall–Kier alpha value is -7.13. The minimum absolute atomic E-state index is 0.436. The van der Waals surface area contributed by atoms with Crippen molar-refractivity contribution in [1.82, 2.24) is 10.0 Å². The molecule has 6 aliphatic rings. The number of aliphatic hydroxyl groups excluding tert-OH is 2. The molecule has 0 saturated carbocycles. The van der Waals surface area contributed by atoms with Gasteiger partial charge in [-0.2, -0.15) is 55.2 Å². The third kappa shape index (κ3) is 28.8. The van der Waals surface area contributed by atoms with Gasteiger partial charge in [0.15, 0.2) is 98.6 Å². The summed E-state index contributed by atoms with van der Waals surface area (Å²) in [5.41, 5.74) is 0. The highest BCUT2D eigenvalue weighted by molar-refractivity contribution is 7.84. The number of carbonyl (C=O) groups is 11. The van der Waals surface area contributed by atoms with Crippen LogP contribution in [-0.2, 0) is 221 Å². The number of nitrogens with one attached hydrogen (secondary N) is 2. The van der Waals surface area contributed by atoms with E-state index in [2.05, 4.69) is 22.0 Å². The van der Waals surface area contributed by atoms with Crippen LogP contribution in [0.15, 0.2) is 0 Å². The second-order valence-corrected chi connectivity index (χ2v) is 31.3. The monoisotopic (exact) mass is 1830 g/mol. The largest absolute Gasteiger partial charge is 0.479 e. The van der Waals surface area contributed by atoms with Crippen LogP contribution in [0.2, 0.25) is 0 Å². The molecule has 6 heterocycles. The van der Waals surface area contributed by atoms with Crippen molar-refractivity contribution in [2.45, 2.75) is 233 Å². The number of carboxylic acids is 3. The van der Waals surface area contributed by atoms with Crippen LogP contribution in [0.25, 0.3) is 0 Å².